The molecular weight excluding hydrogens is 400 g/mol. The molecule has 0 spiro atoms. The van der Waals surface area contributed by atoms with Crippen LogP contribution in [-0.2, 0) is 14.3 Å². The molecule has 2 aromatic carbocycles. The van der Waals surface area contributed by atoms with Gasteiger partial charge >= 0.3 is 12.1 Å². The second kappa shape index (κ2) is 10.1. The Balaban J connectivity index is 1.57. The van der Waals surface area contributed by atoms with Crippen LogP contribution >= 0.6 is 0 Å². The fourth-order valence-corrected chi connectivity index (χ4v) is 3.77. The van der Waals surface area contributed by atoms with Gasteiger partial charge in [-0.3, -0.25) is 4.79 Å². The van der Waals surface area contributed by atoms with Gasteiger partial charge in [0.1, 0.15) is 12.6 Å². The first-order valence-electron chi connectivity index (χ1n) is 10.2. The summed E-state index contributed by atoms with van der Waals surface area (Å²) in [5.74, 6) is -1.97. The number of aliphatic hydroxyl groups excluding tert-OH is 1. The standard InChI is InChI=1S/C23H26N2O6/c1-2-14(11-21(27)25-20(12-26)22(28)29)24-23(30)31-13-19-17-9-5-3-7-15(17)16-8-4-6-10-18(16)19/h3-10,14,19-20,26H,2,11-13H2,1H3,(H,24,30)(H,25,27)(H,28,29)/t14-,20?/m0/s1. The largest absolute Gasteiger partial charge is 0.480 e. The van der Waals surface area contributed by atoms with Gasteiger partial charge in [-0.1, -0.05) is 55.5 Å². The number of hydrogen-bond donors (Lipinski definition) is 4. The molecule has 0 aromatic heterocycles. The number of rotatable bonds is 9. The van der Waals surface area contributed by atoms with Gasteiger partial charge in [0.05, 0.1) is 6.61 Å². The van der Waals surface area contributed by atoms with Crippen LogP contribution in [0.3, 0.4) is 0 Å². The van der Waals surface area contributed by atoms with E-state index in [9.17, 15) is 14.4 Å². The summed E-state index contributed by atoms with van der Waals surface area (Å²) in [5.41, 5.74) is 4.47. The molecule has 0 fully saturated rings. The molecular formula is C23H26N2O6. The summed E-state index contributed by atoms with van der Waals surface area (Å²) < 4.78 is 5.48. The van der Waals surface area contributed by atoms with Crippen molar-refractivity contribution in [3.63, 3.8) is 0 Å². The van der Waals surface area contributed by atoms with E-state index in [0.717, 1.165) is 22.3 Å². The molecule has 1 unspecified atom stereocenters. The van der Waals surface area contributed by atoms with Gasteiger partial charge in [0.15, 0.2) is 0 Å². The van der Waals surface area contributed by atoms with Crippen molar-refractivity contribution in [3.05, 3.63) is 59.7 Å². The van der Waals surface area contributed by atoms with Crippen molar-refractivity contribution in [2.75, 3.05) is 13.2 Å². The van der Waals surface area contributed by atoms with Gasteiger partial charge in [0, 0.05) is 18.4 Å². The number of fused-ring (bicyclic) bond motifs is 3. The third-order valence-electron chi connectivity index (χ3n) is 5.41. The molecule has 2 aromatic rings. The number of hydrogen-bond acceptors (Lipinski definition) is 5. The Kier molecular flexibility index (Phi) is 7.25. The van der Waals surface area contributed by atoms with Gasteiger partial charge in [-0.25, -0.2) is 9.59 Å². The summed E-state index contributed by atoms with van der Waals surface area (Å²) in [7, 11) is 0. The molecule has 0 radical (unpaired) electrons. The maximum atomic E-state index is 12.4. The number of carboxylic acids is 1. The molecule has 0 heterocycles. The van der Waals surface area contributed by atoms with Crippen LogP contribution in [0.15, 0.2) is 48.5 Å². The number of alkyl carbamates (subject to hydrolysis) is 1. The molecule has 4 N–H and O–H groups in total. The van der Waals surface area contributed by atoms with E-state index in [2.05, 4.69) is 22.8 Å². The predicted octanol–water partition coefficient (Wildman–Crippen LogP) is 2.26. The van der Waals surface area contributed by atoms with E-state index in [0.29, 0.717) is 6.42 Å². The Labute approximate surface area is 180 Å². The summed E-state index contributed by atoms with van der Waals surface area (Å²) in [6, 6.07) is 14.1. The molecule has 2 atom stereocenters. The Hall–Kier alpha value is -3.39. The minimum atomic E-state index is -1.38. The van der Waals surface area contributed by atoms with Crippen molar-refractivity contribution in [3.8, 4) is 11.1 Å². The number of aliphatic hydroxyl groups is 1. The van der Waals surface area contributed by atoms with Crippen molar-refractivity contribution in [2.24, 2.45) is 0 Å². The highest BCUT2D eigenvalue weighted by Crippen LogP contribution is 2.44. The van der Waals surface area contributed by atoms with Crippen LogP contribution in [0.4, 0.5) is 4.79 Å². The average molecular weight is 426 g/mol. The molecule has 8 nitrogen and oxygen atoms in total. The van der Waals surface area contributed by atoms with Crippen LogP contribution in [0, 0.1) is 0 Å². The average Bonchev–Trinajstić information content (AvgIpc) is 3.09. The van der Waals surface area contributed by atoms with Gasteiger partial charge in [0.2, 0.25) is 5.91 Å². The molecule has 0 bridgehead atoms. The minimum Gasteiger partial charge on any atom is -0.480 e. The smallest absolute Gasteiger partial charge is 0.407 e. The zero-order chi connectivity index (χ0) is 22.4. The van der Waals surface area contributed by atoms with Crippen molar-refractivity contribution in [1.29, 1.82) is 0 Å². The fourth-order valence-electron chi connectivity index (χ4n) is 3.77. The molecule has 0 saturated heterocycles. The lowest BCUT2D eigenvalue weighted by Gasteiger charge is -2.19. The van der Waals surface area contributed by atoms with E-state index in [1.54, 1.807) is 6.92 Å². The lowest BCUT2D eigenvalue weighted by atomic mass is 9.98. The molecule has 8 heteroatoms. The van der Waals surface area contributed by atoms with Crippen molar-refractivity contribution in [2.45, 2.75) is 37.8 Å². The topological polar surface area (TPSA) is 125 Å². The molecule has 0 saturated carbocycles. The first kappa shape index (κ1) is 22.3. The summed E-state index contributed by atoms with van der Waals surface area (Å²) in [5, 5.41) is 22.8. The van der Waals surface area contributed by atoms with Crippen LogP contribution < -0.4 is 10.6 Å². The zero-order valence-electron chi connectivity index (χ0n) is 17.2. The quantitative estimate of drug-likeness (QED) is 0.487. The number of ether oxygens (including phenoxy) is 1. The van der Waals surface area contributed by atoms with Crippen LogP contribution in [0.1, 0.15) is 36.8 Å². The number of nitrogens with one attached hydrogen (secondary N) is 2. The van der Waals surface area contributed by atoms with Crippen molar-refractivity contribution < 1.29 is 29.3 Å². The molecule has 31 heavy (non-hydrogen) atoms. The maximum Gasteiger partial charge on any atom is 0.407 e. The van der Waals surface area contributed by atoms with Gasteiger partial charge < -0.3 is 25.6 Å². The predicted molar refractivity (Wildman–Crippen MR) is 114 cm³/mol. The second-order valence-corrected chi connectivity index (χ2v) is 7.42. The monoisotopic (exact) mass is 426 g/mol. The molecule has 0 aliphatic heterocycles. The van der Waals surface area contributed by atoms with Crippen LogP contribution in [0.2, 0.25) is 0 Å². The number of carbonyl (C=O) groups excluding carboxylic acids is 2. The Morgan fingerprint density at radius 1 is 1.00 bits per heavy atom. The summed E-state index contributed by atoms with van der Waals surface area (Å²) in [4.78, 5) is 35.3. The van der Waals surface area contributed by atoms with E-state index < -0.39 is 36.7 Å². The summed E-state index contributed by atoms with van der Waals surface area (Å²) in [6.45, 7) is 1.24. The molecule has 1 aliphatic carbocycles. The first-order chi connectivity index (χ1) is 14.9. The van der Waals surface area contributed by atoms with E-state index >= 15 is 0 Å². The van der Waals surface area contributed by atoms with Crippen LogP contribution in [0.25, 0.3) is 11.1 Å². The number of carbonyl (C=O) groups is 3. The van der Waals surface area contributed by atoms with Gasteiger partial charge in [-0.2, -0.15) is 0 Å². The van der Waals surface area contributed by atoms with Crippen LogP contribution in [-0.4, -0.2) is 53.5 Å². The van der Waals surface area contributed by atoms with Crippen LogP contribution in [0.5, 0.6) is 0 Å². The molecule has 1 aliphatic rings. The van der Waals surface area contributed by atoms with E-state index in [1.165, 1.54) is 0 Å². The maximum absolute atomic E-state index is 12.4. The Morgan fingerprint density at radius 2 is 1.58 bits per heavy atom. The number of carboxylic acid groups (broad SMARTS) is 1. The molecule has 3 rings (SSSR count). The van der Waals surface area contributed by atoms with Gasteiger partial charge in [-0.15, -0.1) is 0 Å². The minimum absolute atomic E-state index is 0.0672. The highest BCUT2D eigenvalue weighted by atomic mass is 16.5. The Bertz CT molecular complexity index is 915. The number of benzene rings is 2. The number of amides is 2. The summed E-state index contributed by atoms with van der Waals surface area (Å²) in [6.07, 6.45) is -0.308. The summed E-state index contributed by atoms with van der Waals surface area (Å²) >= 11 is 0. The van der Waals surface area contributed by atoms with E-state index in [-0.39, 0.29) is 18.9 Å². The zero-order valence-corrected chi connectivity index (χ0v) is 17.2. The fraction of sp³-hybridized carbons (Fsp3) is 0.348. The third kappa shape index (κ3) is 5.21. The normalized spacial score (nSPS) is 14.1. The number of aliphatic carboxylic acids is 1. The first-order valence-corrected chi connectivity index (χ1v) is 10.2. The molecule has 2 amide bonds. The van der Waals surface area contributed by atoms with Gasteiger partial charge in [-0.05, 0) is 28.7 Å². The molecule has 164 valence electrons. The van der Waals surface area contributed by atoms with Gasteiger partial charge in [0.25, 0.3) is 0 Å². The Morgan fingerprint density at radius 3 is 2.10 bits per heavy atom. The third-order valence-corrected chi connectivity index (χ3v) is 5.41. The van der Waals surface area contributed by atoms with Crippen molar-refractivity contribution >= 4 is 18.0 Å². The highest BCUT2D eigenvalue weighted by Gasteiger charge is 2.29. The van der Waals surface area contributed by atoms with Crippen molar-refractivity contribution in [1.82, 2.24) is 10.6 Å². The van der Waals surface area contributed by atoms with E-state index in [4.69, 9.17) is 14.9 Å². The lowest BCUT2D eigenvalue weighted by molar-refractivity contribution is -0.143. The second-order valence-electron chi connectivity index (χ2n) is 7.42. The lowest BCUT2D eigenvalue weighted by Crippen LogP contribution is -2.46. The SMILES string of the molecule is CC[C@@H](CC(=O)NC(CO)C(=O)O)NC(=O)OCC1c2ccccc2-c2ccccc21. The van der Waals surface area contributed by atoms with E-state index in [1.807, 2.05) is 36.4 Å². The highest BCUT2D eigenvalue weighted by molar-refractivity contribution is 5.84.